The molecule has 0 saturated heterocycles. The molecule has 0 radical (unpaired) electrons. The van der Waals surface area contributed by atoms with Crippen LogP contribution in [0.15, 0.2) is 140 Å². The Morgan fingerprint density at radius 3 is 0.443 bits per heavy atom. The van der Waals surface area contributed by atoms with Gasteiger partial charge in [0.05, 0.1) is 37.3 Å². The Labute approximate surface area is 560 Å². The van der Waals surface area contributed by atoms with Gasteiger partial charge in [-0.1, -0.05) is 70.9 Å². The van der Waals surface area contributed by atoms with Crippen LogP contribution in [0.1, 0.15) is 116 Å². The van der Waals surface area contributed by atoms with E-state index in [2.05, 4.69) is 143 Å². The third-order valence-corrected chi connectivity index (χ3v) is 14.1. The maximum Gasteiger partial charge on any atom is 2.00 e. The van der Waals surface area contributed by atoms with Crippen LogP contribution in [0, 0.1) is 0 Å². The second-order valence-corrected chi connectivity index (χ2v) is 18.8. The molecular formula is C66H86N12O7Zn3. The second-order valence-electron chi connectivity index (χ2n) is 18.8. The zero-order valence-corrected chi connectivity index (χ0v) is 62.7. The van der Waals surface area contributed by atoms with Crippen molar-refractivity contribution in [2.75, 3.05) is 108 Å². The van der Waals surface area contributed by atoms with E-state index in [4.69, 9.17) is 0 Å². The SMILES string of the molecule is CCN(CC)c1ccc(/C=N/N=C/c2ccc(N(CC)CC)cc2[O-])c([O-])c1.CCN(CC)c1ccc(/C=N/N=C/c2ccc(N(CC)CC)cc2[O-])c([O-])c1.CCN(CC)c1ccc(/C=N/N=C/c2ccc(N(CC)CC)cc2[O-])c([O-])c1.O.[Zn+2].[Zn+2].[Zn+2]. The average Bonchev–Trinajstić information content (AvgIpc) is 3.58. The van der Waals surface area contributed by atoms with Crippen molar-refractivity contribution in [3.63, 3.8) is 0 Å². The van der Waals surface area contributed by atoms with Crippen molar-refractivity contribution in [3.05, 3.63) is 143 Å². The normalized spacial score (nSPS) is 10.9. The number of hydrogen-bond donors (Lipinski definition) is 0. The Kier molecular flexibility index (Phi) is 39.9. The van der Waals surface area contributed by atoms with Gasteiger partial charge in [-0.3, -0.25) is 0 Å². The van der Waals surface area contributed by atoms with Crippen molar-refractivity contribution < 1.29 is 94.5 Å². The molecule has 0 heterocycles. The van der Waals surface area contributed by atoms with E-state index in [0.717, 1.165) is 113 Å². The molecule has 2 N–H and O–H groups in total. The Hall–Kier alpha value is -7.23. The van der Waals surface area contributed by atoms with Gasteiger partial charge in [0.15, 0.2) is 0 Å². The van der Waals surface area contributed by atoms with Crippen LogP contribution in [-0.2, 0) is 58.4 Å². The Balaban J connectivity index is 0.00000126. The number of rotatable bonds is 27. The van der Waals surface area contributed by atoms with E-state index in [1.165, 1.54) is 37.3 Å². The molecule has 19 nitrogen and oxygen atoms in total. The summed E-state index contributed by atoms with van der Waals surface area (Å²) in [5, 5.41) is 96.9. The zero-order chi connectivity index (χ0) is 61.6. The van der Waals surface area contributed by atoms with Crippen LogP contribution in [0.2, 0.25) is 0 Å². The van der Waals surface area contributed by atoms with Gasteiger partial charge in [0.1, 0.15) is 0 Å². The molecule has 0 atom stereocenters. The number of benzene rings is 6. The van der Waals surface area contributed by atoms with Crippen LogP contribution >= 0.6 is 0 Å². The maximum atomic E-state index is 12.2. The maximum absolute atomic E-state index is 12.2. The summed E-state index contributed by atoms with van der Waals surface area (Å²) in [6.07, 6.45) is 8.50. The molecule has 0 fully saturated rings. The molecule has 22 heteroatoms. The molecule has 0 amide bonds. The molecular weight excluding hydrogens is 1270 g/mol. The summed E-state index contributed by atoms with van der Waals surface area (Å²) in [4.78, 5) is 12.7. The van der Waals surface area contributed by atoms with Gasteiger partial charge in [0, 0.05) is 113 Å². The number of hydrogen-bond acceptors (Lipinski definition) is 18. The largest absolute Gasteiger partial charge is 2.00 e. The third kappa shape index (κ3) is 24.4. The standard InChI is InChI=1S/3C22H30N4O2.H2O.3Zn/c3*1-5-25(6-2)19-11-9-17(21(27)13-19)15-23-24-16-18-10-12-20(14-22(18)28)26(7-3)8-4;;;;/h3*9-16,27-28H,5-8H2,1-4H3;1H2;;;/q;;;;3*+2/p-6/b3*23-15+,24-16+;;;;. The molecule has 6 aromatic carbocycles. The van der Waals surface area contributed by atoms with Crippen molar-refractivity contribution in [2.45, 2.75) is 83.1 Å². The fraction of sp³-hybridized carbons (Fsp3) is 0.364. The number of nitrogens with zero attached hydrogens (tertiary/aromatic N) is 12. The van der Waals surface area contributed by atoms with Crippen LogP contribution in [0.3, 0.4) is 0 Å². The minimum Gasteiger partial charge on any atom is -0.872 e. The van der Waals surface area contributed by atoms with Crippen LogP contribution in [0.4, 0.5) is 34.1 Å². The summed E-state index contributed by atoms with van der Waals surface area (Å²) in [6.45, 7) is 34.8. The second kappa shape index (κ2) is 43.4. The first-order chi connectivity index (χ1) is 40.6. The molecule has 6 rings (SSSR count). The van der Waals surface area contributed by atoms with Crippen molar-refractivity contribution >= 4 is 71.4 Å². The fourth-order valence-corrected chi connectivity index (χ4v) is 9.06. The van der Waals surface area contributed by atoms with Crippen LogP contribution in [0.25, 0.3) is 0 Å². The van der Waals surface area contributed by atoms with E-state index in [0.29, 0.717) is 33.4 Å². The summed E-state index contributed by atoms with van der Waals surface area (Å²) in [5.41, 5.74) is 8.21. The van der Waals surface area contributed by atoms with Crippen molar-refractivity contribution in [1.29, 1.82) is 0 Å². The molecule has 458 valence electrons. The molecule has 0 spiro atoms. The van der Waals surface area contributed by atoms with E-state index in [-0.39, 0.29) is 98.4 Å². The molecule has 0 unspecified atom stereocenters. The minimum atomic E-state index is -0.101. The average molecular weight is 1360 g/mol. The van der Waals surface area contributed by atoms with E-state index in [9.17, 15) is 30.6 Å². The summed E-state index contributed by atoms with van der Waals surface area (Å²) < 4.78 is 0. The summed E-state index contributed by atoms with van der Waals surface area (Å²) >= 11 is 0. The molecule has 0 bridgehead atoms. The smallest absolute Gasteiger partial charge is 0.872 e. The van der Waals surface area contributed by atoms with Gasteiger partial charge in [-0.05, 0) is 189 Å². The van der Waals surface area contributed by atoms with Gasteiger partial charge in [-0.15, -0.1) is 0 Å². The summed E-state index contributed by atoms with van der Waals surface area (Å²) in [6, 6.07) is 31.5. The Bertz CT molecular complexity index is 2620. The number of anilines is 6. The van der Waals surface area contributed by atoms with Crippen molar-refractivity contribution in [2.24, 2.45) is 30.6 Å². The van der Waals surface area contributed by atoms with Gasteiger partial charge in [0.2, 0.25) is 0 Å². The molecule has 88 heavy (non-hydrogen) atoms. The van der Waals surface area contributed by atoms with Crippen LogP contribution in [-0.4, -0.2) is 121 Å². The molecule has 6 aromatic rings. The topological polar surface area (TPSA) is 263 Å². The third-order valence-electron chi connectivity index (χ3n) is 14.1. The van der Waals surface area contributed by atoms with E-state index in [1.54, 1.807) is 72.8 Å². The van der Waals surface area contributed by atoms with E-state index >= 15 is 0 Å². The van der Waals surface area contributed by atoms with Gasteiger partial charge in [-0.25, -0.2) is 0 Å². The molecule has 0 aromatic heterocycles. The first-order valence-electron chi connectivity index (χ1n) is 29.2. The van der Waals surface area contributed by atoms with Gasteiger partial charge >= 0.3 is 58.4 Å². The first-order valence-corrected chi connectivity index (χ1v) is 29.2. The van der Waals surface area contributed by atoms with E-state index in [1.807, 2.05) is 36.4 Å². The summed E-state index contributed by atoms with van der Waals surface area (Å²) in [5.74, 6) is -0.603. The monoisotopic (exact) mass is 1350 g/mol. The molecule has 0 saturated carbocycles. The van der Waals surface area contributed by atoms with E-state index < -0.39 is 0 Å². The predicted octanol–water partition coefficient (Wildman–Crippen LogP) is 8.11. The van der Waals surface area contributed by atoms with Crippen molar-refractivity contribution in [3.8, 4) is 34.5 Å². The molecule has 0 aliphatic rings. The Morgan fingerprint density at radius 1 is 0.239 bits per heavy atom. The van der Waals surface area contributed by atoms with Crippen molar-refractivity contribution in [1.82, 2.24) is 0 Å². The quantitative estimate of drug-likeness (QED) is 0.0269. The van der Waals surface area contributed by atoms with Gasteiger partial charge < -0.3 is 65.5 Å². The fourth-order valence-electron chi connectivity index (χ4n) is 9.06. The molecule has 0 aliphatic heterocycles. The predicted molar refractivity (Wildman–Crippen MR) is 346 cm³/mol. The van der Waals surface area contributed by atoms with Crippen LogP contribution < -0.4 is 60.0 Å². The molecule has 0 aliphatic carbocycles. The van der Waals surface area contributed by atoms with Gasteiger partial charge in [-0.2, -0.15) is 30.6 Å². The summed E-state index contributed by atoms with van der Waals surface area (Å²) in [7, 11) is 0. The van der Waals surface area contributed by atoms with Gasteiger partial charge in [0.25, 0.3) is 0 Å². The zero-order valence-electron chi connectivity index (χ0n) is 53.8. The Morgan fingerprint density at radius 2 is 0.352 bits per heavy atom. The van der Waals surface area contributed by atoms with Crippen LogP contribution in [0.5, 0.6) is 34.5 Å². The minimum absolute atomic E-state index is 0. The first kappa shape index (κ1) is 80.8.